The van der Waals surface area contributed by atoms with Gasteiger partial charge < -0.3 is 0 Å². The summed E-state index contributed by atoms with van der Waals surface area (Å²) >= 11 is 1.48. The molecule has 2 rings (SSSR count). The molecule has 0 aliphatic heterocycles. The number of carbonyl (C=O) groups is 1. The second-order valence-electron chi connectivity index (χ2n) is 3.73. The molecule has 0 spiro atoms. The first-order chi connectivity index (χ1) is 8.81. The second-order valence-corrected chi connectivity index (χ2v) is 4.91. The number of amides is 1. The van der Waals surface area contributed by atoms with E-state index in [1.165, 1.54) is 11.8 Å². The van der Waals surface area contributed by atoms with Crippen LogP contribution in [0.2, 0.25) is 0 Å². The largest absolute Gasteiger partial charge is 0.293 e. The van der Waals surface area contributed by atoms with Gasteiger partial charge in [0.15, 0.2) is 0 Å². The number of hydrogen-bond acceptors (Lipinski definition) is 3. The average Bonchev–Trinajstić information content (AvgIpc) is 2.46. The number of benzene rings is 2. The van der Waals surface area contributed by atoms with Gasteiger partial charge in [0.05, 0.1) is 0 Å². The van der Waals surface area contributed by atoms with E-state index < -0.39 is 0 Å². The van der Waals surface area contributed by atoms with Crippen LogP contribution in [-0.2, 0) is 4.79 Å². The van der Waals surface area contributed by atoms with Crippen molar-refractivity contribution in [1.82, 2.24) is 5.43 Å². The molecule has 0 aromatic heterocycles. The van der Waals surface area contributed by atoms with E-state index >= 15 is 0 Å². The van der Waals surface area contributed by atoms with Crippen LogP contribution >= 0.6 is 11.8 Å². The van der Waals surface area contributed by atoms with E-state index in [1.807, 2.05) is 60.7 Å². The van der Waals surface area contributed by atoms with Crippen molar-refractivity contribution in [2.45, 2.75) is 10.1 Å². The fourth-order valence-corrected chi connectivity index (χ4v) is 2.67. The zero-order chi connectivity index (χ0) is 12.8. The Morgan fingerprint density at radius 2 is 1.56 bits per heavy atom. The van der Waals surface area contributed by atoms with Crippen LogP contribution in [-0.4, -0.2) is 5.91 Å². The van der Waals surface area contributed by atoms with Crippen LogP contribution < -0.4 is 11.3 Å². The van der Waals surface area contributed by atoms with Crippen LogP contribution in [0, 0.1) is 0 Å². The number of thioether (sulfide) groups is 1. The van der Waals surface area contributed by atoms with Gasteiger partial charge >= 0.3 is 0 Å². The summed E-state index contributed by atoms with van der Waals surface area (Å²) in [4.78, 5) is 12.9. The smallest absolute Gasteiger partial charge is 0.251 e. The Balaban J connectivity index is 2.24. The van der Waals surface area contributed by atoms with Crippen LogP contribution in [0.1, 0.15) is 10.8 Å². The zero-order valence-electron chi connectivity index (χ0n) is 9.74. The molecule has 0 saturated heterocycles. The minimum Gasteiger partial charge on any atom is -0.293 e. The summed E-state index contributed by atoms with van der Waals surface area (Å²) in [6, 6.07) is 19.4. The summed E-state index contributed by atoms with van der Waals surface area (Å²) in [6.07, 6.45) is 0. The van der Waals surface area contributed by atoms with Crippen molar-refractivity contribution in [2.24, 2.45) is 5.84 Å². The van der Waals surface area contributed by atoms with Gasteiger partial charge in [-0.2, -0.15) is 0 Å². The molecule has 0 aliphatic rings. The lowest BCUT2D eigenvalue weighted by molar-refractivity contribution is -0.120. The van der Waals surface area contributed by atoms with Crippen molar-refractivity contribution in [3.63, 3.8) is 0 Å². The van der Waals surface area contributed by atoms with Crippen LogP contribution in [0.25, 0.3) is 0 Å². The maximum absolute atomic E-state index is 11.9. The van der Waals surface area contributed by atoms with E-state index in [-0.39, 0.29) is 11.2 Å². The molecule has 2 aromatic carbocycles. The molecular formula is C14H14N2OS. The third-order valence-corrected chi connectivity index (χ3v) is 3.75. The Hall–Kier alpha value is -1.78. The summed E-state index contributed by atoms with van der Waals surface area (Å²) in [5.41, 5.74) is 3.16. The summed E-state index contributed by atoms with van der Waals surface area (Å²) in [6.45, 7) is 0. The first-order valence-corrected chi connectivity index (χ1v) is 6.46. The second kappa shape index (κ2) is 6.23. The van der Waals surface area contributed by atoms with E-state index in [1.54, 1.807) is 0 Å². The molecule has 0 aliphatic carbocycles. The maximum Gasteiger partial charge on any atom is 0.251 e. The Labute approximate surface area is 110 Å². The molecule has 18 heavy (non-hydrogen) atoms. The third-order valence-electron chi connectivity index (χ3n) is 2.48. The summed E-state index contributed by atoms with van der Waals surface area (Å²) in [5.74, 6) is 5.05. The normalized spacial score (nSPS) is 11.8. The Morgan fingerprint density at radius 3 is 2.11 bits per heavy atom. The highest BCUT2D eigenvalue weighted by atomic mass is 32.2. The molecule has 2 aromatic rings. The minimum atomic E-state index is -0.335. The van der Waals surface area contributed by atoms with E-state index in [0.717, 1.165) is 10.5 Å². The molecule has 92 valence electrons. The van der Waals surface area contributed by atoms with E-state index in [0.29, 0.717) is 0 Å². The third kappa shape index (κ3) is 3.12. The highest BCUT2D eigenvalue weighted by Gasteiger charge is 2.20. The fraction of sp³-hybridized carbons (Fsp3) is 0.0714. The molecule has 3 nitrogen and oxygen atoms in total. The SMILES string of the molecule is NNC(=O)C(Sc1ccccc1)c1ccccc1. The van der Waals surface area contributed by atoms with Gasteiger partial charge in [0.25, 0.3) is 5.91 Å². The first kappa shape index (κ1) is 12.7. The zero-order valence-corrected chi connectivity index (χ0v) is 10.6. The number of nitrogens with two attached hydrogens (primary N) is 1. The summed E-state index contributed by atoms with van der Waals surface area (Å²) < 4.78 is 0. The topological polar surface area (TPSA) is 55.1 Å². The molecule has 1 atom stereocenters. The molecule has 3 N–H and O–H groups in total. The van der Waals surface area contributed by atoms with E-state index in [2.05, 4.69) is 5.43 Å². The van der Waals surface area contributed by atoms with Crippen molar-refractivity contribution in [3.05, 3.63) is 66.2 Å². The lowest BCUT2D eigenvalue weighted by atomic mass is 10.1. The standard InChI is InChI=1S/C14H14N2OS/c15-16-14(17)13(11-7-3-1-4-8-11)18-12-9-5-2-6-10-12/h1-10,13H,15H2,(H,16,17). The highest BCUT2D eigenvalue weighted by Crippen LogP contribution is 2.34. The fourth-order valence-electron chi connectivity index (χ4n) is 1.61. The number of rotatable bonds is 4. The Kier molecular flexibility index (Phi) is 4.39. The van der Waals surface area contributed by atoms with Gasteiger partial charge in [-0.05, 0) is 17.7 Å². The molecule has 1 unspecified atom stereocenters. The van der Waals surface area contributed by atoms with Gasteiger partial charge in [-0.15, -0.1) is 11.8 Å². The maximum atomic E-state index is 11.9. The molecule has 0 saturated carbocycles. The van der Waals surface area contributed by atoms with Crippen molar-refractivity contribution in [3.8, 4) is 0 Å². The van der Waals surface area contributed by atoms with Gasteiger partial charge in [-0.3, -0.25) is 10.2 Å². The Bertz CT molecular complexity index is 502. The van der Waals surface area contributed by atoms with Crippen LogP contribution in [0.15, 0.2) is 65.6 Å². The van der Waals surface area contributed by atoms with Crippen molar-refractivity contribution < 1.29 is 4.79 Å². The van der Waals surface area contributed by atoms with Crippen LogP contribution in [0.4, 0.5) is 0 Å². The minimum absolute atomic E-state index is 0.199. The van der Waals surface area contributed by atoms with Gasteiger partial charge in [0.1, 0.15) is 5.25 Å². The number of hydrogen-bond donors (Lipinski definition) is 2. The Morgan fingerprint density at radius 1 is 1.00 bits per heavy atom. The quantitative estimate of drug-likeness (QED) is 0.383. The molecule has 0 fully saturated rings. The molecule has 4 heteroatoms. The highest BCUT2D eigenvalue weighted by molar-refractivity contribution is 8.00. The molecule has 1 amide bonds. The molecule has 0 heterocycles. The monoisotopic (exact) mass is 258 g/mol. The van der Waals surface area contributed by atoms with Gasteiger partial charge in [-0.25, -0.2) is 5.84 Å². The van der Waals surface area contributed by atoms with Gasteiger partial charge in [-0.1, -0.05) is 48.5 Å². The van der Waals surface area contributed by atoms with Crippen molar-refractivity contribution in [1.29, 1.82) is 0 Å². The molecule has 0 radical (unpaired) electrons. The lowest BCUT2D eigenvalue weighted by Crippen LogP contribution is -2.33. The van der Waals surface area contributed by atoms with Crippen molar-refractivity contribution >= 4 is 17.7 Å². The number of hydrazine groups is 1. The first-order valence-electron chi connectivity index (χ1n) is 5.58. The van der Waals surface area contributed by atoms with Crippen LogP contribution in [0.5, 0.6) is 0 Å². The number of carbonyl (C=O) groups excluding carboxylic acids is 1. The summed E-state index contributed by atoms with van der Waals surface area (Å²) in [7, 11) is 0. The predicted octanol–water partition coefficient (Wildman–Crippen LogP) is 2.51. The molecule has 0 bridgehead atoms. The molecular weight excluding hydrogens is 244 g/mol. The van der Waals surface area contributed by atoms with Gasteiger partial charge in [0, 0.05) is 4.90 Å². The van der Waals surface area contributed by atoms with Crippen molar-refractivity contribution in [2.75, 3.05) is 0 Å². The number of nitrogens with one attached hydrogen (secondary N) is 1. The van der Waals surface area contributed by atoms with E-state index in [4.69, 9.17) is 5.84 Å². The average molecular weight is 258 g/mol. The predicted molar refractivity (Wildman–Crippen MR) is 73.8 cm³/mol. The van der Waals surface area contributed by atoms with Gasteiger partial charge in [0.2, 0.25) is 0 Å². The van der Waals surface area contributed by atoms with Crippen LogP contribution in [0.3, 0.4) is 0 Å². The lowest BCUT2D eigenvalue weighted by Gasteiger charge is -2.15. The summed E-state index contributed by atoms with van der Waals surface area (Å²) in [5, 5.41) is -0.335. The van der Waals surface area contributed by atoms with E-state index in [9.17, 15) is 4.79 Å².